The molecule has 1 aromatic rings. The minimum Gasteiger partial charge on any atom is -0.383 e. The highest BCUT2D eigenvalue weighted by Gasteiger charge is 2.26. The lowest BCUT2D eigenvalue weighted by Gasteiger charge is -2.22. The number of amides is 1. The number of rotatable bonds is 9. The van der Waals surface area contributed by atoms with Crippen LogP contribution in [-0.4, -0.2) is 56.9 Å². The lowest BCUT2D eigenvalue weighted by atomic mass is 10.0. The van der Waals surface area contributed by atoms with Crippen LogP contribution in [0, 0.1) is 0 Å². The topological polar surface area (TPSA) is 125 Å². The number of nitrogens with two attached hydrogens (primary N) is 1. The number of guanidine groups is 1. The molecule has 0 bridgehead atoms. The van der Waals surface area contributed by atoms with E-state index in [-0.39, 0.29) is 30.2 Å². The van der Waals surface area contributed by atoms with Crippen molar-refractivity contribution in [1.82, 2.24) is 26.8 Å². The fourth-order valence-electron chi connectivity index (χ4n) is 3.26. The van der Waals surface area contributed by atoms with E-state index in [1.165, 1.54) is 0 Å². The second kappa shape index (κ2) is 12.2. The molecule has 30 heavy (non-hydrogen) atoms. The third kappa shape index (κ3) is 7.82. The fraction of sp³-hybridized carbons (Fsp3) is 0.600. The van der Waals surface area contributed by atoms with E-state index in [1.54, 1.807) is 14.2 Å². The van der Waals surface area contributed by atoms with Gasteiger partial charge in [-0.15, -0.1) is 0 Å². The van der Waals surface area contributed by atoms with Gasteiger partial charge in [0.25, 0.3) is 0 Å². The maximum absolute atomic E-state index is 12.7. The molecule has 1 amide bonds. The van der Waals surface area contributed by atoms with Crippen LogP contribution in [0.3, 0.4) is 0 Å². The molecule has 9 nitrogen and oxygen atoms in total. The summed E-state index contributed by atoms with van der Waals surface area (Å²) in [7, 11) is 3.37. The Morgan fingerprint density at radius 2 is 2.03 bits per heavy atom. The summed E-state index contributed by atoms with van der Waals surface area (Å²) in [5.41, 5.74) is 13.4. The van der Waals surface area contributed by atoms with Crippen LogP contribution in [-0.2, 0) is 9.53 Å². The van der Waals surface area contributed by atoms with Gasteiger partial charge in [-0.1, -0.05) is 23.7 Å². The number of hydrazine groups is 1. The summed E-state index contributed by atoms with van der Waals surface area (Å²) in [6, 6.07) is 7.25. The highest BCUT2D eigenvalue weighted by Crippen LogP contribution is 2.24. The smallest absolute Gasteiger partial charge is 0.243 e. The molecule has 1 saturated heterocycles. The number of nitrogens with one attached hydrogen (secondary N) is 5. The number of nitrogens with zero attached hydrogens (tertiary/aromatic N) is 1. The summed E-state index contributed by atoms with van der Waals surface area (Å²) < 4.78 is 5.19. The van der Waals surface area contributed by atoms with E-state index in [9.17, 15) is 4.79 Å². The van der Waals surface area contributed by atoms with Gasteiger partial charge in [0.2, 0.25) is 5.91 Å². The van der Waals surface area contributed by atoms with Gasteiger partial charge in [0.1, 0.15) is 6.17 Å². The number of likely N-dealkylation sites (N-methyl/N-ethyl adjacent to an activating group) is 1. The average molecular weight is 440 g/mol. The van der Waals surface area contributed by atoms with E-state index in [4.69, 9.17) is 22.1 Å². The Bertz CT molecular complexity index is 699. The number of carbonyl (C=O) groups excluding carboxylic acids is 1. The molecule has 1 aromatic carbocycles. The normalized spacial score (nSPS) is 22.4. The highest BCUT2D eigenvalue weighted by atomic mass is 35.5. The molecule has 1 aliphatic rings. The quantitative estimate of drug-likeness (QED) is 0.246. The minimum absolute atomic E-state index is 0.0306. The Hall–Kier alpha value is -1.75. The van der Waals surface area contributed by atoms with Gasteiger partial charge in [-0.3, -0.25) is 10.1 Å². The van der Waals surface area contributed by atoms with Gasteiger partial charge < -0.3 is 21.1 Å². The van der Waals surface area contributed by atoms with Gasteiger partial charge >= 0.3 is 0 Å². The first kappa shape index (κ1) is 24.5. The summed E-state index contributed by atoms with van der Waals surface area (Å²) in [4.78, 5) is 17.4. The molecule has 0 aromatic heterocycles. The number of benzene rings is 1. The van der Waals surface area contributed by atoms with E-state index >= 15 is 0 Å². The lowest BCUT2D eigenvalue weighted by Crippen LogP contribution is -2.53. The van der Waals surface area contributed by atoms with Gasteiger partial charge in [0.15, 0.2) is 5.96 Å². The highest BCUT2D eigenvalue weighted by molar-refractivity contribution is 6.30. The molecular weight excluding hydrogens is 406 g/mol. The first-order valence-corrected chi connectivity index (χ1v) is 10.5. The number of hydrogen-bond acceptors (Lipinski definition) is 7. The summed E-state index contributed by atoms with van der Waals surface area (Å²) in [6.45, 7) is 4.31. The zero-order chi connectivity index (χ0) is 22.1. The zero-order valence-corrected chi connectivity index (χ0v) is 18.8. The van der Waals surface area contributed by atoms with Crippen molar-refractivity contribution in [3.05, 3.63) is 34.9 Å². The van der Waals surface area contributed by atoms with Crippen molar-refractivity contribution in [3.63, 3.8) is 0 Å². The van der Waals surface area contributed by atoms with E-state index < -0.39 is 6.04 Å². The van der Waals surface area contributed by atoms with E-state index in [1.807, 2.05) is 38.1 Å². The van der Waals surface area contributed by atoms with Crippen LogP contribution in [0.4, 0.5) is 0 Å². The van der Waals surface area contributed by atoms with Gasteiger partial charge in [0.05, 0.1) is 12.6 Å². The molecule has 2 rings (SSSR count). The Balaban J connectivity index is 2.08. The molecule has 168 valence electrons. The molecule has 0 radical (unpaired) electrons. The summed E-state index contributed by atoms with van der Waals surface area (Å²) in [6.07, 6.45) is 1.02. The second-order valence-corrected chi connectivity index (χ2v) is 8.10. The van der Waals surface area contributed by atoms with Crippen molar-refractivity contribution in [2.75, 3.05) is 20.8 Å². The van der Waals surface area contributed by atoms with E-state index in [2.05, 4.69) is 31.8 Å². The van der Waals surface area contributed by atoms with Gasteiger partial charge in [-0.05, 0) is 45.0 Å². The molecule has 0 saturated carbocycles. The number of halogens is 1. The van der Waals surface area contributed by atoms with E-state index in [0.717, 1.165) is 12.0 Å². The molecule has 0 aliphatic carbocycles. The number of aliphatic imine (C=N–C) groups is 1. The summed E-state index contributed by atoms with van der Waals surface area (Å²) >= 11 is 5.98. The Kier molecular flexibility index (Phi) is 9.96. The van der Waals surface area contributed by atoms with Crippen LogP contribution in [0.5, 0.6) is 0 Å². The molecule has 7 N–H and O–H groups in total. The maximum atomic E-state index is 12.7. The average Bonchev–Trinajstić information content (AvgIpc) is 3.14. The Morgan fingerprint density at radius 1 is 1.33 bits per heavy atom. The Morgan fingerprint density at radius 3 is 2.63 bits per heavy atom. The Labute approximate surface area is 183 Å². The molecule has 4 unspecified atom stereocenters. The minimum atomic E-state index is -0.411. The number of hydrogen-bond donors (Lipinski definition) is 6. The molecule has 1 heterocycles. The monoisotopic (exact) mass is 439 g/mol. The van der Waals surface area contributed by atoms with Crippen molar-refractivity contribution in [3.8, 4) is 0 Å². The van der Waals surface area contributed by atoms with Crippen LogP contribution in [0.2, 0.25) is 5.02 Å². The standard InChI is InChI=1S/C20H34ClN7O2/c1-12(22)9-17(23-3)19(29)26-20(24-13(2)11-30-4)25-18-10-16(27-28-18)14-5-7-15(21)8-6-14/h5-8,12-13,16-18,23,27-28H,9-11,22H2,1-4H3,(H2,24,25,26,29)/t12?,13-,16?,17?,18?/m0/s1. The first-order chi connectivity index (χ1) is 14.3. The molecule has 10 heteroatoms. The van der Waals surface area contributed by atoms with Gasteiger partial charge in [-0.2, -0.15) is 0 Å². The van der Waals surface area contributed by atoms with Crippen LogP contribution in [0.25, 0.3) is 0 Å². The third-order valence-electron chi connectivity index (χ3n) is 4.75. The predicted octanol–water partition coefficient (Wildman–Crippen LogP) is 0.627. The molecule has 5 atom stereocenters. The second-order valence-electron chi connectivity index (χ2n) is 7.67. The fourth-order valence-corrected chi connectivity index (χ4v) is 3.38. The molecule has 1 fully saturated rings. The largest absolute Gasteiger partial charge is 0.383 e. The summed E-state index contributed by atoms with van der Waals surface area (Å²) in [5.74, 6) is 0.205. The van der Waals surface area contributed by atoms with Gasteiger partial charge in [-0.25, -0.2) is 15.8 Å². The van der Waals surface area contributed by atoms with Crippen molar-refractivity contribution in [1.29, 1.82) is 0 Å². The third-order valence-corrected chi connectivity index (χ3v) is 5.01. The molecular formula is C20H34ClN7O2. The van der Waals surface area contributed by atoms with Crippen molar-refractivity contribution >= 4 is 23.5 Å². The predicted molar refractivity (Wildman–Crippen MR) is 120 cm³/mol. The number of methoxy groups -OCH3 is 1. The van der Waals surface area contributed by atoms with Crippen molar-refractivity contribution < 1.29 is 9.53 Å². The van der Waals surface area contributed by atoms with Crippen LogP contribution in [0.15, 0.2) is 29.3 Å². The van der Waals surface area contributed by atoms with Crippen molar-refractivity contribution in [2.24, 2.45) is 10.7 Å². The molecule has 0 spiro atoms. The first-order valence-electron chi connectivity index (χ1n) is 10.2. The zero-order valence-electron chi connectivity index (χ0n) is 18.0. The summed E-state index contributed by atoms with van der Waals surface area (Å²) in [5, 5.41) is 9.82. The van der Waals surface area contributed by atoms with Crippen molar-refractivity contribution in [2.45, 2.75) is 57.0 Å². The number of ether oxygens (including phenoxy) is 1. The van der Waals surface area contributed by atoms with Crippen LogP contribution in [0.1, 0.15) is 38.3 Å². The van der Waals surface area contributed by atoms with Gasteiger partial charge in [0, 0.05) is 36.7 Å². The van der Waals surface area contributed by atoms with Crippen LogP contribution < -0.4 is 32.5 Å². The maximum Gasteiger partial charge on any atom is 0.243 e. The SMILES string of the molecule is CNC(CC(C)N)C(=O)NC(=NC1CC(c2ccc(Cl)cc2)NN1)N[C@@H](C)COC. The molecule has 1 aliphatic heterocycles. The van der Waals surface area contributed by atoms with Crippen LogP contribution >= 0.6 is 11.6 Å². The number of carbonyl (C=O) groups is 1. The lowest BCUT2D eigenvalue weighted by molar-refractivity contribution is -0.121. The van der Waals surface area contributed by atoms with E-state index in [0.29, 0.717) is 24.0 Å².